The normalized spacial score (nSPS) is 13.2. The van der Waals surface area contributed by atoms with E-state index in [2.05, 4.69) is 6.58 Å². The summed E-state index contributed by atoms with van der Waals surface area (Å²) in [6.07, 6.45) is 0. The van der Waals surface area contributed by atoms with E-state index in [1.54, 1.807) is 62.6 Å². The largest absolute Gasteiger partial charge is 0.497 e. The van der Waals surface area contributed by atoms with Gasteiger partial charge in [0.25, 0.3) is 0 Å². The van der Waals surface area contributed by atoms with E-state index in [9.17, 15) is 4.57 Å². The molecule has 2 aromatic rings. The van der Waals surface area contributed by atoms with Gasteiger partial charge in [-0.05, 0) is 43.3 Å². The lowest BCUT2D eigenvalue weighted by atomic mass is 10.2. The van der Waals surface area contributed by atoms with Crippen LogP contribution in [0.2, 0.25) is 0 Å². The second-order valence-corrected chi connectivity index (χ2v) is 6.45. The lowest BCUT2D eigenvalue weighted by Gasteiger charge is -2.20. The maximum absolute atomic E-state index is 13.0. The first kappa shape index (κ1) is 16.3. The first-order chi connectivity index (χ1) is 10.6. The zero-order valence-corrected chi connectivity index (χ0v) is 13.6. The summed E-state index contributed by atoms with van der Waals surface area (Å²) in [5, 5.41) is 0.506. The summed E-state index contributed by atoms with van der Waals surface area (Å²) in [4.78, 5) is 0. The van der Waals surface area contributed by atoms with E-state index in [0.717, 1.165) is 11.3 Å². The summed E-state index contributed by atoms with van der Waals surface area (Å²) >= 11 is 0. The molecule has 0 aromatic heterocycles. The molecule has 5 heteroatoms. The predicted octanol–water partition coefficient (Wildman–Crippen LogP) is 4.24. The van der Waals surface area contributed by atoms with Crippen molar-refractivity contribution in [1.82, 2.24) is 0 Å². The average Bonchev–Trinajstić information content (AvgIpc) is 2.56. The molecule has 4 nitrogen and oxygen atoms in total. The number of hydrogen-bond donors (Lipinski definition) is 0. The molecule has 0 N–H and O–H groups in total. The van der Waals surface area contributed by atoms with E-state index < -0.39 is 7.60 Å². The van der Waals surface area contributed by atoms with Gasteiger partial charge < -0.3 is 9.26 Å². The fraction of sp³-hybridized carbons (Fsp3) is 0.176. The molecule has 22 heavy (non-hydrogen) atoms. The lowest BCUT2D eigenvalue weighted by Crippen LogP contribution is -2.09. The van der Waals surface area contributed by atoms with Crippen molar-refractivity contribution in [2.45, 2.75) is 6.92 Å². The molecule has 0 aliphatic rings. The van der Waals surface area contributed by atoms with E-state index >= 15 is 0 Å². The molecular formula is C17H19O4P. The van der Waals surface area contributed by atoms with Gasteiger partial charge in [-0.3, -0.25) is 4.52 Å². The van der Waals surface area contributed by atoms with Crippen molar-refractivity contribution < 1.29 is 18.3 Å². The Morgan fingerprint density at radius 2 is 1.73 bits per heavy atom. The van der Waals surface area contributed by atoms with Crippen molar-refractivity contribution >= 4 is 18.7 Å². The van der Waals surface area contributed by atoms with Gasteiger partial charge in [-0.25, -0.2) is 4.57 Å². The van der Waals surface area contributed by atoms with E-state index in [-0.39, 0.29) is 6.61 Å². The van der Waals surface area contributed by atoms with Gasteiger partial charge >= 0.3 is 7.60 Å². The van der Waals surface area contributed by atoms with Crippen molar-refractivity contribution in [2.75, 3.05) is 13.7 Å². The summed E-state index contributed by atoms with van der Waals surface area (Å²) in [6.45, 7) is 5.91. The summed E-state index contributed by atoms with van der Waals surface area (Å²) < 4.78 is 29.1. The maximum Gasteiger partial charge on any atom is 0.410 e. The van der Waals surface area contributed by atoms with Gasteiger partial charge in [0.1, 0.15) is 11.5 Å². The third kappa shape index (κ3) is 3.79. The molecule has 0 fully saturated rings. The number of methoxy groups -OCH3 is 1. The van der Waals surface area contributed by atoms with Gasteiger partial charge in [-0.15, -0.1) is 0 Å². The molecule has 2 aromatic carbocycles. The Balaban J connectivity index is 2.23. The molecule has 0 aliphatic carbocycles. The van der Waals surface area contributed by atoms with Crippen LogP contribution in [0.3, 0.4) is 0 Å². The highest BCUT2D eigenvalue weighted by Crippen LogP contribution is 2.50. The van der Waals surface area contributed by atoms with E-state index in [4.69, 9.17) is 13.8 Å². The molecular weight excluding hydrogens is 299 g/mol. The summed E-state index contributed by atoms with van der Waals surface area (Å²) in [5.41, 5.74) is 0.719. The molecule has 0 heterocycles. The molecule has 116 valence electrons. The lowest BCUT2D eigenvalue weighted by molar-refractivity contribution is 0.280. The number of ether oxygens (including phenoxy) is 1. The van der Waals surface area contributed by atoms with Crippen LogP contribution in [0.4, 0.5) is 0 Å². The predicted molar refractivity (Wildman–Crippen MR) is 88.4 cm³/mol. The Labute approximate surface area is 130 Å². The quantitative estimate of drug-likeness (QED) is 0.566. The summed E-state index contributed by atoms with van der Waals surface area (Å²) in [5.74, 6) is 1.02. The zero-order chi connectivity index (χ0) is 16.0. The monoisotopic (exact) mass is 318 g/mol. The second kappa shape index (κ2) is 7.30. The Morgan fingerprint density at radius 3 is 2.27 bits per heavy atom. The van der Waals surface area contributed by atoms with Crippen LogP contribution in [-0.2, 0) is 13.6 Å². The molecule has 0 spiro atoms. The molecule has 0 aliphatic heterocycles. The van der Waals surface area contributed by atoms with Gasteiger partial charge in [0.2, 0.25) is 0 Å². The molecule has 2 rings (SSSR count). The van der Waals surface area contributed by atoms with Gasteiger partial charge in [0, 0.05) is 5.56 Å². The summed E-state index contributed by atoms with van der Waals surface area (Å²) in [6, 6.07) is 16.0. The van der Waals surface area contributed by atoms with Crippen LogP contribution in [0.15, 0.2) is 61.2 Å². The molecule has 0 saturated heterocycles. The fourth-order valence-electron chi connectivity index (χ4n) is 1.91. The standard InChI is InChI=1S/C17H19O4P/c1-4-20-22(18,17-8-6-5-7-9-17)21-14(2)15-10-12-16(19-3)13-11-15/h5-13H,2,4H2,1,3H3. The van der Waals surface area contributed by atoms with E-state index in [1.807, 2.05) is 6.07 Å². The second-order valence-electron chi connectivity index (χ2n) is 4.49. The number of benzene rings is 2. The van der Waals surface area contributed by atoms with Crippen LogP contribution in [0.1, 0.15) is 12.5 Å². The van der Waals surface area contributed by atoms with Gasteiger partial charge in [-0.2, -0.15) is 0 Å². The summed E-state index contributed by atoms with van der Waals surface area (Å²) in [7, 11) is -1.85. The minimum absolute atomic E-state index is 0.280. The minimum Gasteiger partial charge on any atom is -0.497 e. The Kier molecular flexibility index (Phi) is 5.42. The van der Waals surface area contributed by atoms with Crippen LogP contribution in [0, 0.1) is 0 Å². The first-order valence-electron chi connectivity index (χ1n) is 6.92. The Hall–Kier alpha value is -2.03. The molecule has 0 amide bonds. The fourth-order valence-corrected chi connectivity index (χ4v) is 3.49. The van der Waals surface area contributed by atoms with Gasteiger partial charge in [0.05, 0.1) is 19.0 Å². The van der Waals surface area contributed by atoms with E-state index in [0.29, 0.717) is 11.1 Å². The zero-order valence-electron chi connectivity index (χ0n) is 12.7. The topological polar surface area (TPSA) is 44.8 Å². The smallest absolute Gasteiger partial charge is 0.410 e. The van der Waals surface area contributed by atoms with Crippen molar-refractivity contribution in [1.29, 1.82) is 0 Å². The van der Waals surface area contributed by atoms with Crippen LogP contribution < -0.4 is 10.0 Å². The molecule has 0 radical (unpaired) electrons. The average molecular weight is 318 g/mol. The molecule has 0 bridgehead atoms. The van der Waals surface area contributed by atoms with Crippen molar-refractivity contribution in [2.24, 2.45) is 0 Å². The number of rotatable bonds is 7. The van der Waals surface area contributed by atoms with Gasteiger partial charge in [-0.1, -0.05) is 24.8 Å². The third-order valence-electron chi connectivity index (χ3n) is 3.01. The number of hydrogen-bond acceptors (Lipinski definition) is 4. The van der Waals surface area contributed by atoms with Crippen molar-refractivity contribution in [3.63, 3.8) is 0 Å². The Bertz CT molecular complexity index is 665. The van der Waals surface area contributed by atoms with Crippen LogP contribution >= 0.6 is 7.60 Å². The SMILES string of the molecule is C=C(OP(=O)(OCC)c1ccccc1)c1ccc(OC)cc1. The van der Waals surface area contributed by atoms with Crippen molar-refractivity contribution in [3.05, 3.63) is 66.7 Å². The molecule has 1 atom stereocenters. The highest BCUT2D eigenvalue weighted by molar-refractivity contribution is 7.62. The maximum atomic E-state index is 13.0. The van der Waals surface area contributed by atoms with Crippen molar-refractivity contribution in [3.8, 4) is 5.75 Å². The third-order valence-corrected chi connectivity index (χ3v) is 5.00. The van der Waals surface area contributed by atoms with E-state index in [1.165, 1.54) is 0 Å². The van der Waals surface area contributed by atoms with Crippen LogP contribution in [-0.4, -0.2) is 13.7 Å². The highest BCUT2D eigenvalue weighted by Gasteiger charge is 2.29. The highest BCUT2D eigenvalue weighted by atomic mass is 31.2. The Morgan fingerprint density at radius 1 is 1.09 bits per heavy atom. The van der Waals surface area contributed by atoms with Crippen LogP contribution in [0.5, 0.6) is 5.75 Å². The molecule has 0 saturated carbocycles. The molecule has 1 unspecified atom stereocenters. The van der Waals surface area contributed by atoms with Crippen LogP contribution in [0.25, 0.3) is 5.76 Å². The minimum atomic E-state index is -3.44. The van der Waals surface area contributed by atoms with Gasteiger partial charge in [0.15, 0.2) is 0 Å². The first-order valence-corrected chi connectivity index (χ1v) is 8.46.